The third kappa shape index (κ3) is 4.20. The van der Waals surface area contributed by atoms with Crippen molar-refractivity contribution >= 4 is 17.7 Å². The van der Waals surface area contributed by atoms with Crippen LogP contribution >= 0.6 is 11.8 Å². The highest BCUT2D eigenvalue weighted by molar-refractivity contribution is 8.00. The Morgan fingerprint density at radius 1 is 1.33 bits per heavy atom. The number of nitrogens with zero attached hydrogens (tertiary/aromatic N) is 3. The highest BCUT2D eigenvalue weighted by Gasteiger charge is 2.24. The Morgan fingerprint density at radius 3 is 2.75 bits per heavy atom. The Hall–Kier alpha value is -1.75. The molecule has 1 atom stereocenters. The lowest BCUT2D eigenvalue weighted by Crippen LogP contribution is -2.40. The Bertz CT molecular complexity index is 663. The Labute approximate surface area is 148 Å². The third-order valence-corrected chi connectivity index (χ3v) is 6.20. The molecule has 3 rings (SSSR count). The molecule has 1 saturated heterocycles. The molecule has 4 nitrogen and oxygen atoms in total. The van der Waals surface area contributed by atoms with Gasteiger partial charge in [-0.15, -0.1) is 11.8 Å². The summed E-state index contributed by atoms with van der Waals surface area (Å²) in [5, 5.41) is 0.612. The second-order valence-electron chi connectivity index (χ2n) is 6.53. The maximum absolute atomic E-state index is 12.5. The number of aryl methyl sites for hydroxylation is 1. The van der Waals surface area contributed by atoms with Gasteiger partial charge in [-0.1, -0.05) is 18.2 Å². The Morgan fingerprint density at radius 2 is 2.08 bits per heavy atom. The molecule has 1 aliphatic heterocycles. The summed E-state index contributed by atoms with van der Waals surface area (Å²) in [6, 6.07) is 8.72. The maximum Gasteiger partial charge on any atom is 0.224 e. The van der Waals surface area contributed by atoms with E-state index in [1.54, 1.807) is 12.5 Å². The van der Waals surface area contributed by atoms with Gasteiger partial charge in [-0.3, -0.25) is 4.79 Å². The second-order valence-corrected chi connectivity index (χ2v) is 7.87. The summed E-state index contributed by atoms with van der Waals surface area (Å²) in [5.74, 6) is 0.260. The quantitative estimate of drug-likeness (QED) is 0.826. The minimum Gasteiger partial charge on any atom is -0.343 e. The van der Waals surface area contributed by atoms with E-state index in [9.17, 15) is 4.79 Å². The number of thioether (sulfide) groups is 1. The number of piperidine rings is 1. The van der Waals surface area contributed by atoms with E-state index in [0.29, 0.717) is 11.7 Å². The van der Waals surface area contributed by atoms with E-state index in [0.717, 1.165) is 25.9 Å². The van der Waals surface area contributed by atoms with Crippen LogP contribution < -0.4 is 0 Å². The Kier molecular flexibility index (Phi) is 5.61. The smallest absolute Gasteiger partial charge is 0.224 e. The molecular weight excluding hydrogens is 318 g/mol. The van der Waals surface area contributed by atoms with Crippen LogP contribution in [0.2, 0.25) is 0 Å². The number of amides is 1. The second kappa shape index (κ2) is 7.88. The average Bonchev–Trinajstić information content (AvgIpc) is 3.12. The molecule has 1 aromatic heterocycles. The van der Waals surface area contributed by atoms with Gasteiger partial charge in [0.2, 0.25) is 5.91 Å². The first-order valence-electron chi connectivity index (χ1n) is 8.61. The monoisotopic (exact) mass is 343 g/mol. The summed E-state index contributed by atoms with van der Waals surface area (Å²) in [5.41, 5.74) is 1.34. The van der Waals surface area contributed by atoms with Gasteiger partial charge in [0.1, 0.15) is 0 Å². The first-order chi connectivity index (χ1) is 11.6. The summed E-state index contributed by atoms with van der Waals surface area (Å²) < 4.78 is 2.00. The van der Waals surface area contributed by atoms with Crippen molar-refractivity contribution in [3.63, 3.8) is 0 Å². The number of carbonyl (C=O) groups excluding carboxylic acids is 1. The van der Waals surface area contributed by atoms with Gasteiger partial charge in [-0.2, -0.15) is 0 Å². The van der Waals surface area contributed by atoms with E-state index in [4.69, 9.17) is 0 Å². The summed E-state index contributed by atoms with van der Waals surface area (Å²) in [4.78, 5) is 20.0. The Balaban J connectivity index is 1.48. The van der Waals surface area contributed by atoms with E-state index in [1.165, 1.54) is 10.5 Å². The lowest BCUT2D eigenvalue weighted by molar-refractivity contribution is -0.132. The number of likely N-dealkylation sites (tertiary alicyclic amines) is 1. The normalized spacial score (nSPS) is 17.0. The molecule has 128 valence electrons. The fourth-order valence-corrected chi connectivity index (χ4v) is 4.33. The molecule has 5 heteroatoms. The minimum atomic E-state index is 0.166. The number of carbonyl (C=O) groups is 1. The van der Waals surface area contributed by atoms with Gasteiger partial charge in [0.15, 0.2) is 0 Å². The highest BCUT2D eigenvalue weighted by atomic mass is 32.2. The van der Waals surface area contributed by atoms with Gasteiger partial charge in [0.25, 0.3) is 0 Å². The van der Waals surface area contributed by atoms with Crippen LogP contribution in [0.3, 0.4) is 0 Å². The number of aromatic nitrogens is 2. The van der Waals surface area contributed by atoms with E-state index >= 15 is 0 Å². The van der Waals surface area contributed by atoms with Gasteiger partial charge < -0.3 is 9.47 Å². The van der Waals surface area contributed by atoms with Crippen LogP contribution in [-0.4, -0.2) is 38.7 Å². The number of hydrogen-bond donors (Lipinski definition) is 0. The van der Waals surface area contributed by atoms with Gasteiger partial charge in [-0.25, -0.2) is 4.98 Å². The topological polar surface area (TPSA) is 38.1 Å². The zero-order valence-corrected chi connectivity index (χ0v) is 15.2. The van der Waals surface area contributed by atoms with Gasteiger partial charge >= 0.3 is 0 Å². The predicted molar refractivity (Wildman–Crippen MR) is 98.2 cm³/mol. The van der Waals surface area contributed by atoms with Crippen LogP contribution in [0.25, 0.3) is 0 Å². The van der Waals surface area contributed by atoms with Crippen LogP contribution in [0.5, 0.6) is 0 Å². The van der Waals surface area contributed by atoms with E-state index < -0.39 is 0 Å². The van der Waals surface area contributed by atoms with Crippen molar-refractivity contribution in [3.8, 4) is 0 Å². The van der Waals surface area contributed by atoms with Gasteiger partial charge in [-0.05, 0) is 38.3 Å². The zero-order chi connectivity index (χ0) is 16.9. The van der Waals surface area contributed by atoms with Crippen molar-refractivity contribution in [3.05, 3.63) is 48.5 Å². The summed E-state index contributed by atoms with van der Waals surface area (Å²) >= 11 is 1.97. The molecular formula is C19H25N3OS. The molecule has 0 saturated carbocycles. The molecule has 2 aromatic rings. The van der Waals surface area contributed by atoms with Crippen LogP contribution in [0.15, 0.2) is 47.9 Å². The van der Waals surface area contributed by atoms with E-state index in [1.807, 2.05) is 27.4 Å². The molecule has 0 N–H and O–H groups in total. The van der Waals surface area contributed by atoms with Crippen molar-refractivity contribution in [2.45, 2.75) is 49.3 Å². The third-order valence-electron chi connectivity index (χ3n) is 4.69. The van der Waals surface area contributed by atoms with Crippen molar-refractivity contribution in [1.29, 1.82) is 0 Å². The fourth-order valence-electron chi connectivity index (χ4n) is 3.11. The SMILES string of the molecule is Cc1ccccc1SC1CCN(C(=O)C[C@@H](C)n2ccnc2)CC1. The highest BCUT2D eigenvalue weighted by Crippen LogP contribution is 2.32. The summed E-state index contributed by atoms with van der Waals surface area (Å²) in [7, 11) is 0. The summed E-state index contributed by atoms with van der Waals surface area (Å²) in [6.45, 7) is 5.98. The molecule has 0 spiro atoms. The van der Waals surface area contributed by atoms with Crippen LogP contribution in [-0.2, 0) is 4.79 Å². The molecule has 1 amide bonds. The molecule has 2 heterocycles. The fraction of sp³-hybridized carbons (Fsp3) is 0.474. The van der Waals surface area contributed by atoms with Crippen molar-refractivity contribution in [2.75, 3.05) is 13.1 Å². The number of benzene rings is 1. The van der Waals surface area contributed by atoms with E-state index in [-0.39, 0.29) is 11.9 Å². The van der Waals surface area contributed by atoms with Crippen molar-refractivity contribution in [1.82, 2.24) is 14.5 Å². The van der Waals surface area contributed by atoms with Crippen LogP contribution in [0.4, 0.5) is 0 Å². The first-order valence-corrected chi connectivity index (χ1v) is 9.49. The standard InChI is InChI=1S/C19H25N3OS/c1-15-5-3-4-6-18(15)24-17-7-10-21(11-8-17)19(23)13-16(2)22-12-9-20-14-22/h3-6,9,12,14,16-17H,7-8,10-11,13H2,1-2H3/t16-/m1/s1. The molecule has 1 aliphatic rings. The van der Waals surface area contributed by atoms with Crippen LogP contribution in [0.1, 0.15) is 37.8 Å². The molecule has 0 radical (unpaired) electrons. The lowest BCUT2D eigenvalue weighted by Gasteiger charge is -2.32. The van der Waals surface area contributed by atoms with Gasteiger partial charge in [0, 0.05) is 48.1 Å². The molecule has 1 fully saturated rings. The molecule has 0 aliphatic carbocycles. The molecule has 0 unspecified atom stereocenters. The summed E-state index contributed by atoms with van der Waals surface area (Å²) in [6.07, 6.45) is 8.15. The predicted octanol–water partition coefficient (Wildman–Crippen LogP) is 3.93. The average molecular weight is 343 g/mol. The molecule has 1 aromatic carbocycles. The van der Waals surface area contributed by atoms with E-state index in [2.05, 4.69) is 43.1 Å². The molecule has 24 heavy (non-hydrogen) atoms. The van der Waals surface area contributed by atoms with Crippen molar-refractivity contribution in [2.24, 2.45) is 0 Å². The largest absolute Gasteiger partial charge is 0.343 e. The van der Waals surface area contributed by atoms with Gasteiger partial charge in [0.05, 0.1) is 6.33 Å². The first kappa shape index (κ1) is 17.1. The lowest BCUT2D eigenvalue weighted by atomic mass is 10.1. The number of hydrogen-bond acceptors (Lipinski definition) is 3. The minimum absolute atomic E-state index is 0.166. The maximum atomic E-state index is 12.5. The zero-order valence-electron chi connectivity index (χ0n) is 14.4. The number of rotatable bonds is 5. The van der Waals surface area contributed by atoms with Crippen molar-refractivity contribution < 1.29 is 4.79 Å². The molecule has 0 bridgehead atoms. The van der Waals surface area contributed by atoms with Crippen LogP contribution in [0, 0.1) is 6.92 Å². The number of imidazole rings is 1.